The highest BCUT2D eigenvalue weighted by Gasteiger charge is 2.28. The van der Waals surface area contributed by atoms with Crippen molar-refractivity contribution in [3.63, 3.8) is 0 Å². The number of carbonyl (C=O) groups is 2. The molecule has 1 aromatic heterocycles. The molecule has 0 saturated heterocycles. The summed E-state index contributed by atoms with van der Waals surface area (Å²) in [6.07, 6.45) is -3.48. The van der Waals surface area contributed by atoms with Gasteiger partial charge in [0.25, 0.3) is 11.8 Å². The first-order valence-electron chi connectivity index (χ1n) is 9.15. The van der Waals surface area contributed by atoms with E-state index in [0.717, 1.165) is 0 Å². The zero-order valence-corrected chi connectivity index (χ0v) is 16.1. The first-order chi connectivity index (χ1) is 14.3. The van der Waals surface area contributed by atoms with Gasteiger partial charge in [-0.05, 0) is 50.5 Å². The molecule has 1 heterocycles. The zero-order chi connectivity index (χ0) is 22.1. The molecular formula is C18H21F4N5O3. The van der Waals surface area contributed by atoms with Crippen LogP contribution in [-0.4, -0.2) is 52.8 Å². The predicted octanol–water partition coefficient (Wildman–Crippen LogP) is 2.53. The molecule has 0 aliphatic heterocycles. The summed E-state index contributed by atoms with van der Waals surface area (Å²) in [7, 11) is 0. The van der Waals surface area contributed by atoms with Crippen molar-refractivity contribution in [2.45, 2.75) is 32.4 Å². The topological polar surface area (TPSA) is 98.1 Å². The average Bonchev–Trinajstić information content (AvgIpc) is 3.14. The van der Waals surface area contributed by atoms with E-state index in [1.54, 1.807) is 12.2 Å². The maximum Gasteiger partial charge on any atom is 0.405 e. The third-order valence-electron chi connectivity index (χ3n) is 3.91. The Bertz CT molecular complexity index is 852. The van der Waals surface area contributed by atoms with Crippen LogP contribution in [0.25, 0.3) is 5.69 Å². The van der Waals surface area contributed by atoms with Crippen molar-refractivity contribution >= 4 is 11.8 Å². The van der Waals surface area contributed by atoms with Crippen LogP contribution in [-0.2, 0) is 11.3 Å². The second kappa shape index (κ2) is 10.7. The van der Waals surface area contributed by atoms with E-state index in [9.17, 15) is 27.2 Å². The Kier molecular flexibility index (Phi) is 8.27. The molecule has 0 aliphatic rings. The van der Waals surface area contributed by atoms with Gasteiger partial charge < -0.3 is 5.32 Å². The van der Waals surface area contributed by atoms with Crippen LogP contribution < -0.4 is 10.8 Å². The fraction of sp³-hybridized carbons (Fsp3) is 0.444. The fourth-order valence-corrected chi connectivity index (χ4v) is 2.52. The lowest BCUT2D eigenvalue weighted by Crippen LogP contribution is -2.33. The smallest absolute Gasteiger partial charge is 0.343 e. The minimum atomic E-state index is -4.51. The number of unbranched alkanes of at least 4 members (excludes halogenated alkanes) is 1. The molecule has 164 valence electrons. The molecule has 1 aromatic carbocycles. The maximum absolute atomic E-state index is 12.5. The minimum absolute atomic E-state index is 0.00862. The van der Waals surface area contributed by atoms with Crippen molar-refractivity contribution in [2.24, 2.45) is 0 Å². The molecule has 0 saturated carbocycles. The number of alkyl halides is 4. The Labute approximate surface area is 169 Å². The van der Waals surface area contributed by atoms with Crippen molar-refractivity contribution in [3.05, 3.63) is 41.2 Å². The van der Waals surface area contributed by atoms with E-state index in [0.29, 0.717) is 24.2 Å². The highest BCUT2D eigenvalue weighted by Crippen LogP contribution is 2.17. The van der Waals surface area contributed by atoms with E-state index in [4.69, 9.17) is 4.84 Å². The van der Waals surface area contributed by atoms with Crippen LogP contribution in [0.5, 0.6) is 0 Å². The van der Waals surface area contributed by atoms with Crippen LogP contribution in [0.15, 0.2) is 24.3 Å². The van der Waals surface area contributed by atoms with E-state index >= 15 is 0 Å². The summed E-state index contributed by atoms with van der Waals surface area (Å²) in [5.74, 6) is -1.49. The highest BCUT2D eigenvalue weighted by atomic mass is 19.4. The zero-order valence-electron chi connectivity index (χ0n) is 16.1. The summed E-state index contributed by atoms with van der Waals surface area (Å²) in [5, 5.41) is 9.59. The Morgan fingerprint density at radius 2 is 1.83 bits per heavy atom. The average molecular weight is 431 g/mol. The van der Waals surface area contributed by atoms with Gasteiger partial charge in [-0.3, -0.25) is 18.8 Å². The number of hydrogen-bond acceptors (Lipinski definition) is 5. The first kappa shape index (κ1) is 23.3. The first-order valence-corrected chi connectivity index (χ1v) is 9.15. The molecule has 0 fully saturated rings. The molecule has 8 nitrogen and oxygen atoms in total. The van der Waals surface area contributed by atoms with Crippen LogP contribution in [0, 0.1) is 0 Å². The number of amides is 2. The summed E-state index contributed by atoms with van der Waals surface area (Å²) in [6, 6.07) is 5.57. The molecule has 0 atom stereocenters. The molecule has 0 unspecified atom stereocenters. The van der Waals surface area contributed by atoms with Gasteiger partial charge in [0.05, 0.1) is 24.7 Å². The minimum Gasteiger partial charge on any atom is -0.343 e. The summed E-state index contributed by atoms with van der Waals surface area (Å²) in [6.45, 7) is -0.0158. The molecule has 2 rings (SSSR count). The van der Waals surface area contributed by atoms with Crippen molar-refractivity contribution < 1.29 is 32.0 Å². The Morgan fingerprint density at radius 1 is 1.13 bits per heavy atom. The summed E-state index contributed by atoms with van der Waals surface area (Å²) in [5.41, 5.74) is 3.10. The number of benzene rings is 1. The molecule has 0 spiro atoms. The standard InChI is InChI=1S/C18H21F4N5O3/c1-2-30-25-17(29)15-14(5-3-4-10-19)27(26-24-15)13-8-6-12(7-9-13)16(28)23-11-18(20,21)22/h6-9H,2-5,10-11H2,1H3,(H,23,28)(H,25,29). The number of nitrogens with zero attached hydrogens (tertiary/aromatic N) is 3. The maximum atomic E-state index is 12.5. The van der Waals surface area contributed by atoms with Gasteiger partial charge in [-0.15, -0.1) is 5.10 Å². The lowest BCUT2D eigenvalue weighted by molar-refractivity contribution is -0.123. The predicted molar refractivity (Wildman–Crippen MR) is 97.8 cm³/mol. The Balaban J connectivity index is 2.23. The second-order valence-corrected chi connectivity index (χ2v) is 6.15. The Hall–Kier alpha value is -3.02. The highest BCUT2D eigenvalue weighted by molar-refractivity contribution is 5.94. The van der Waals surface area contributed by atoms with Gasteiger partial charge in [-0.25, -0.2) is 10.2 Å². The number of hydroxylamine groups is 1. The summed E-state index contributed by atoms with van der Waals surface area (Å²) >= 11 is 0. The van der Waals surface area contributed by atoms with Gasteiger partial charge >= 0.3 is 6.18 Å². The number of hydrogen-bond donors (Lipinski definition) is 2. The third-order valence-corrected chi connectivity index (χ3v) is 3.91. The number of carbonyl (C=O) groups excluding carboxylic acids is 2. The van der Waals surface area contributed by atoms with E-state index in [1.807, 2.05) is 0 Å². The van der Waals surface area contributed by atoms with Crippen molar-refractivity contribution in [1.29, 1.82) is 0 Å². The molecule has 2 aromatic rings. The van der Waals surface area contributed by atoms with Gasteiger partial charge in [0.2, 0.25) is 0 Å². The van der Waals surface area contributed by atoms with Crippen LogP contribution in [0.4, 0.5) is 17.6 Å². The van der Waals surface area contributed by atoms with Gasteiger partial charge in [-0.1, -0.05) is 5.21 Å². The van der Waals surface area contributed by atoms with E-state index in [-0.39, 0.29) is 24.3 Å². The molecule has 0 radical (unpaired) electrons. The fourth-order valence-electron chi connectivity index (χ4n) is 2.52. The monoisotopic (exact) mass is 431 g/mol. The molecule has 2 N–H and O–H groups in total. The lowest BCUT2D eigenvalue weighted by atomic mass is 10.1. The van der Waals surface area contributed by atoms with Crippen LogP contribution in [0.2, 0.25) is 0 Å². The molecule has 0 aliphatic carbocycles. The quantitative estimate of drug-likeness (QED) is 0.342. The van der Waals surface area contributed by atoms with Gasteiger partial charge in [0.1, 0.15) is 6.54 Å². The normalized spacial score (nSPS) is 11.4. The number of halogens is 4. The largest absolute Gasteiger partial charge is 0.405 e. The van der Waals surface area contributed by atoms with Crippen molar-refractivity contribution in [2.75, 3.05) is 19.8 Å². The SMILES string of the molecule is CCONC(=O)c1nnn(-c2ccc(C(=O)NCC(F)(F)F)cc2)c1CCCCF. The van der Waals surface area contributed by atoms with Gasteiger partial charge in [0, 0.05) is 5.56 Å². The van der Waals surface area contributed by atoms with E-state index in [1.165, 1.54) is 28.9 Å². The van der Waals surface area contributed by atoms with Crippen molar-refractivity contribution in [3.8, 4) is 5.69 Å². The lowest BCUT2D eigenvalue weighted by Gasteiger charge is -2.10. The third kappa shape index (κ3) is 6.51. The van der Waals surface area contributed by atoms with Crippen molar-refractivity contribution in [1.82, 2.24) is 25.8 Å². The number of nitrogens with one attached hydrogen (secondary N) is 2. The molecular weight excluding hydrogens is 410 g/mol. The molecule has 12 heteroatoms. The Morgan fingerprint density at radius 3 is 2.43 bits per heavy atom. The van der Waals surface area contributed by atoms with E-state index < -0.39 is 31.2 Å². The van der Waals surface area contributed by atoms with E-state index in [2.05, 4.69) is 15.8 Å². The molecule has 30 heavy (non-hydrogen) atoms. The summed E-state index contributed by atoms with van der Waals surface area (Å²) in [4.78, 5) is 28.9. The molecule has 2 amide bonds. The van der Waals surface area contributed by atoms with Crippen LogP contribution in [0.1, 0.15) is 46.3 Å². The molecule has 0 bridgehead atoms. The van der Waals surface area contributed by atoms with Crippen LogP contribution in [0.3, 0.4) is 0 Å². The van der Waals surface area contributed by atoms with Crippen LogP contribution >= 0.6 is 0 Å². The van der Waals surface area contributed by atoms with Gasteiger partial charge in [0.15, 0.2) is 5.69 Å². The second-order valence-electron chi connectivity index (χ2n) is 6.15. The summed E-state index contributed by atoms with van der Waals surface area (Å²) < 4.78 is 50.5. The number of aromatic nitrogens is 3. The number of rotatable bonds is 10. The van der Waals surface area contributed by atoms with Gasteiger partial charge in [-0.2, -0.15) is 13.2 Å².